The number of aromatic nitrogens is 3. The van der Waals surface area contributed by atoms with Gasteiger partial charge in [0.15, 0.2) is 0 Å². The largest absolute Gasteiger partial charge is 0.306 e. The molecule has 0 aliphatic carbocycles. The van der Waals surface area contributed by atoms with Crippen molar-refractivity contribution < 1.29 is 0 Å². The van der Waals surface area contributed by atoms with Gasteiger partial charge in [0.2, 0.25) is 5.13 Å². The van der Waals surface area contributed by atoms with Crippen molar-refractivity contribution in [1.82, 2.24) is 14.8 Å². The summed E-state index contributed by atoms with van der Waals surface area (Å²) in [5.74, 6) is 5.21. The van der Waals surface area contributed by atoms with Crippen molar-refractivity contribution >= 4 is 48.3 Å². The summed E-state index contributed by atoms with van der Waals surface area (Å²) in [7, 11) is 0. The van der Waals surface area contributed by atoms with E-state index in [0.29, 0.717) is 21.2 Å². The number of nitrogen functional groups attached to an aromatic ring is 1. The van der Waals surface area contributed by atoms with E-state index < -0.39 is 0 Å². The lowest BCUT2D eigenvalue weighted by molar-refractivity contribution is 0.737. The zero-order chi connectivity index (χ0) is 12.4. The van der Waals surface area contributed by atoms with Crippen LogP contribution in [0.4, 0.5) is 5.13 Å². The number of nitrogens with one attached hydrogen (secondary N) is 1. The Morgan fingerprint density at radius 2 is 2.24 bits per heavy atom. The smallest absolute Gasteiger partial charge is 0.265 e. The zero-order valence-electron chi connectivity index (χ0n) is 8.35. The van der Waals surface area contributed by atoms with Gasteiger partial charge in [0.05, 0.1) is 11.0 Å². The van der Waals surface area contributed by atoms with Crippen LogP contribution in [-0.4, -0.2) is 14.8 Å². The van der Waals surface area contributed by atoms with E-state index >= 15 is 0 Å². The van der Waals surface area contributed by atoms with Gasteiger partial charge in [-0.3, -0.25) is 10.2 Å². The molecule has 0 unspecified atom stereocenters. The number of hydrogen-bond acceptors (Lipinski definition) is 6. The van der Waals surface area contributed by atoms with Gasteiger partial charge in [0, 0.05) is 10.7 Å². The average molecular weight is 381 g/mol. The fourth-order valence-electron chi connectivity index (χ4n) is 1.20. The molecule has 0 atom stereocenters. The van der Waals surface area contributed by atoms with E-state index in [1.54, 1.807) is 12.3 Å². The Balaban J connectivity index is 2.32. The summed E-state index contributed by atoms with van der Waals surface area (Å²) in [5.41, 5.74) is 2.29. The number of nitrogens with two attached hydrogens (primary N) is 1. The van der Waals surface area contributed by atoms with Crippen LogP contribution in [0.3, 0.4) is 0 Å². The van der Waals surface area contributed by atoms with Crippen LogP contribution in [0.1, 0.15) is 5.01 Å². The first-order chi connectivity index (χ1) is 8.10. The third kappa shape index (κ3) is 2.92. The van der Waals surface area contributed by atoms with Gasteiger partial charge < -0.3 is 4.57 Å². The molecule has 0 aliphatic rings. The Labute approximate surface area is 117 Å². The van der Waals surface area contributed by atoms with Crippen molar-refractivity contribution in [3.8, 4) is 0 Å². The maximum atomic E-state index is 11.8. The van der Waals surface area contributed by atoms with Crippen molar-refractivity contribution in [3.05, 3.63) is 36.6 Å². The number of nitrogens with zero attached hydrogens (tertiary/aromatic N) is 3. The van der Waals surface area contributed by atoms with Gasteiger partial charge in [0.25, 0.3) is 5.56 Å². The third-order valence-electron chi connectivity index (χ3n) is 1.90. The van der Waals surface area contributed by atoms with Gasteiger partial charge in [-0.2, -0.15) is 0 Å². The van der Waals surface area contributed by atoms with Gasteiger partial charge in [-0.1, -0.05) is 11.3 Å². The second-order valence-electron chi connectivity index (χ2n) is 3.08. The molecule has 90 valence electrons. The van der Waals surface area contributed by atoms with Crippen molar-refractivity contribution in [2.45, 2.75) is 6.54 Å². The van der Waals surface area contributed by atoms with Crippen LogP contribution in [0.25, 0.3) is 0 Å². The van der Waals surface area contributed by atoms with Crippen LogP contribution < -0.4 is 16.8 Å². The van der Waals surface area contributed by atoms with Crippen LogP contribution in [-0.2, 0) is 6.54 Å². The molecule has 0 saturated carbocycles. The van der Waals surface area contributed by atoms with E-state index in [-0.39, 0.29) is 5.56 Å². The molecule has 17 heavy (non-hydrogen) atoms. The fraction of sp³-hybridized carbons (Fsp3) is 0.125. The summed E-state index contributed by atoms with van der Waals surface area (Å²) in [4.78, 5) is 11.8. The molecule has 0 spiro atoms. The highest BCUT2D eigenvalue weighted by molar-refractivity contribution is 9.11. The van der Waals surface area contributed by atoms with Gasteiger partial charge >= 0.3 is 0 Å². The first-order valence-electron chi connectivity index (χ1n) is 4.44. The number of rotatable bonds is 3. The summed E-state index contributed by atoms with van der Waals surface area (Å²) in [5, 5.41) is 8.93. The Bertz CT molecular complexity index is 596. The molecule has 9 heteroatoms. The molecule has 2 aromatic rings. The number of anilines is 1. The predicted octanol–water partition coefficient (Wildman–Crippen LogP) is 1.56. The highest BCUT2D eigenvalue weighted by Crippen LogP contribution is 2.17. The van der Waals surface area contributed by atoms with Crippen molar-refractivity contribution in [3.63, 3.8) is 0 Å². The Morgan fingerprint density at radius 1 is 1.47 bits per heavy atom. The monoisotopic (exact) mass is 379 g/mol. The number of hydrogen-bond donors (Lipinski definition) is 2. The van der Waals surface area contributed by atoms with E-state index in [0.717, 1.165) is 4.47 Å². The summed E-state index contributed by atoms with van der Waals surface area (Å²) in [6, 6.07) is 1.70. The van der Waals surface area contributed by atoms with E-state index in [4.69, 9.17) is 5.84 Å². The van der Waals surface area contributed by atoms with Crippen molar-refractivity contribution in [2.24, 2.45) is 5.84 Å². The second kappa shape index (κ2) is 5.25. The van der Waals surface area contributed by atoms with Crippen LogP contribution in [0.15, 0.2) is 26.0 Å². The molecule has 6 nitrogen and oxygen atoms in total. The second-order valence-corrected chi connectivity index (χ2v) is 5.92. The van der Waals surface area contributed by atoms with Crippen LogP contribution in [0.5, 0.6) is 0 Å². The van der Waals surface area contributed by atoms with Gasteiger partial charge in [-0.25, -0.2) is 5.84 Å². The first-order valence-corrected chi connectivity index (χ1v) is 6.85. The highest BCUT2D eigenvalue weighted by Gasteiger charge is 2.07. The van der Waals surface area contributed by atoms with Gasteiger partial charge in [0.1, 0.15) is 5.01 Å². The molecule has 0 aromatic carbocycles. The molecule has 2 rings (SSSR count). The summed E-state index contributed by atoms with van der Waals surface area (Å²) in [6.07, 6.45) is 1.70. The van der Waals surface area contributed by atoms with Crippen LogP contribution >= 0.6 is 43.2 Å². The van der Waals surface area contributed by atoms with Crippen LogP contribution in [0.2, 0.25) is 0 Å². The molecular formula is C8H7Br2N5OS. The molecule has 0 radical (unpaired) electrons. The van der Waals surface area contributed by atoms with Gasteiger partial charge in [-0.15, -0.1) is 10.2 Å². The third-order valence-corrected chi connectivity index (χ3v) is 3.75. The molecule has 0 aliphatic heterocycles. The topological polar surface area (TPSA) is 85.8 Å². The maximum Gasteiger partial charge on any atom is 0.265 e. The lowest BCUT2D eigenvalue weighted by Crippen LogP contribution is -2.20. The number of pyridine rings is 1. The normalized spacial score (nSPS) is 10.5. The predicted molar refractivity (Wildman–Crippen MR) is 72.9 cm³/mol. The fourth-order valence-corrected chi connectivity index (χ4v) is 3.11. The van der Waals surface area contributed by atoms with E-state index in [2.05, 4.69) is 47.5 Å². The van der Waals surface area contributed by atoms with Crippen molar-refractivity contribution in [1.29, 1.82) is 0 Å². The van der Waals surface area contributed by atoms with E-state index in [1.807, 2.05) is 0 Å². The van der Waals surface area contributed by atoms with E-state index in [1.165, 1.54) is 15.9 Å². The summed E-state index contributed by atoms with van der Waals surface area (Å²) in [6.45, 7) is 0.357. The molecule has 0 saturated heterocycles. The lowest BCUT2D eigenvalue weighted by atomic mass is 10.4. The highest BCUT2D eigenvalue weighted by atomic mass is 79.9. The number of halogens is 2. The van der Waals surface area contributed by atoms with E-state index in [9.17, 15) is 4.79 Å². The SMILES string of the molecule is NNc1nnc(Cn2cc(Br)cc(Br)c2=O)s1. The molecule has 3 N–H and O–H groups in total. The minimum atomic E-state index is -0.120. The Hall–Kier alpha value is -0.770. The zero-order valence-corrected chi connectivity index (χ0v) is 12.3. The molecular weight excluding hydrogens is 374 g/mol. The molecule has 2 aromatic heterocycles. The molecule has 0 bridgehead atoms. The lowest BCUT2D eigenvalue weighted by Gasteiger charge is -2.04. The Morgan fingerprint density at radius 3 is 2.88 bits per heavy atom. The first kappa shape index (κ1) is 12.7. The quantitative estimate of drug-likeness (QED) is 0.623. The average Bonchev–Trinajstić information content (AvgIpc) is 2.73. The molecule has 0 fully saturated rings. The minimum absolute atomic E-state index is 0.120. The summed E-state index contributed by atoms with van der Waals surface area (Å²) < 4.78 is 2.84. The standard InChI is InChI=1S/C8H7Br2N5OS/c9-4-1-5(10)7(16)15(2-4)3-6-13-14-8(12-11)17-6/h1-2H,3,11H2,(H,12,14). The Kier molecular flexibility index (Phi) is 3.92. The van der Waals surface area contributed by atoms with Crippen LogP contribution in [0, 0.1) is 0 Å². The number of hydrazine groups is 1. The molecule has 2 heterocycles. The summed E-state index contributed by atoms with van der Waals surface area (Å²) >= 11 is 7.82. The van der Waals surface area contributed by atoms with Gasteiger partial charge in [-0.05, 0) is 37.9 Å². The maximum absolute atomic E-state index is 11.8. The molecule has 0 amide bonds. The van der Waals surface area contributed by atoms with Crippen molar-refractivity contribution in [2.75, 3.05) is 5.43 Å². The minimum Gasteiger partial charge on any atom is -0.306 e.